The van der Waals surface area contributed by atoms with Gasteiger partial charge in [0.05, 0.1) is 17.3 Å². The van der Waals surface area contributed by atoms with Gasteiger partial charge in [-0.2, -0.15) is 0 Å². The summed E-state index contributed by atoms with van der Waals surface area (Å²) in [4.78, 5) is 27.3. The van der Waals surface area contributed by atoms with Gasteiger partial charge in [-0.05, 0) is 35.0 Å². The fourth-order valence-corrected chi connectivity index (χ4v) is 4.23. The molecule has 1 aliphatic rings. The Labute approximate surface area is 188 Å². The molecule has 1 atom stereocenters. The highest BCUT2D eigenvalue weighted by Crippen LogP contribution is 2.45. The van der Waals surface area contributed by atoms with Crippen molar-refractivity contribution in [1.82, 2.24) is 0 Å². The molecule has 0 bridgehead atoms. The van der Waals surface area contributed by atoms with Gasteiger partial charge in [-0.15, -0.1) is 0 Å². The molecule has 0 saturated carbocycles. The summed E-state index contributed by atoms with van der Waals surface area (Å²) in [5, 5.41) is 23.4. The first-order chi connectivity index (χ1) is 16.0. The number of rotatable bonds is 3. The van der Waals surface area contributed by atoms with Crippen molar-refractivity contribution in [3.8, 4) is 5.75 Å². The summed E-state index contributed by atoms with van der Waals surface area (Å²) in [5.41, 5.74) is 0.154. The lowest BCUT2D eigenvalue weighted by molar-refractivity contribution is -0.132. The van der Waals surface area contributed by atoms with E-state index in [1.165, 1.54) is 30.3 Å². The van der Waals surface area contributed by atoms with Crippen LogP contribution >= 0.6 is 0 Å². The fourth-order valence-electron chi connectivity index (χ4n) is 4.23. The number of hydrogen-bond donors (Lipinski definition) is 2. The van der Waals surface area contributed by atoms with E-state index in [0.29, 0.717) is 5.56 Å². The van der Waals surface area contributed by atoms with Gasteiger partial charge >= 0.3 is 0 Å². The predicted octanol–water partition coefficient (Wildman–Crippen LogP) is 5.31. The topological polar surface area (TPSA) is 77.8 Å². The Morgan fingerprint density at radius 1 is 0.818 bits per heavy atom. The van der Waals surface area contributed by atoms with E-state index < -0.39 is 29.3 Å². The molecular formula is C27H18FNO4. The zero-order valence-electron chi connectivity index (χ0n) is 17.3. The number of carbonyl (C=O) groups excluding carboxylic acids is 2. The number of para-hydroxylation sites is 2. The van der Waals surface area contributed by atoms with E-state index in [1.54, 1.807) is 36.4 Å². The zero-order chi connectivity index (χ0) is 23.1. The Morgan fingerprint density at radius 3 is 2.24 bits per heavy atom. The number of ketones is 1. The van der Waals surface area contributed by atoms with Gasteiger partial charge in [0, 0.05) is 11.1 Å². The van der Waals surface area contributed by atoms with Crippen LogP contribution in [0.2, 0.25) is 0 Å². The molecule has 1 fully saturated rings. The highest BCUT2D eigenvalue weighted by atomic mass is 19.1. The van der Waals surface area contributed by atoms with E-state index in [-0.39, 0.29) is 22.6 Å². The van der Waals surface area contributed by atoms with Crippen LogP contribution < -0.4 is 4.90 Å². The molecule has 5 rings (SSSR count). The fraction of sp³-hybridized carbons (Fsp3) is 0.0370. The minimum Gasteiger partial charge on any atom is -0.507 e. The first-order valence-electron chi connectivity index (χ1n) is 10.3. The zero-order valence-corrected chi connectivity index (χ0v) is 17.3. The number of halogens is 1. The Hall–Kier alpha value is -4.45. The molecule has 2 N–H and O–H groups in total. The minimum atomic E-state index is -1.26. The number of aromatic hydroxyl groups is 1. The Kier molecular flexibility index (Phi) is 4.90. The molecule has 1 unspecified atom stereocenters. The van der Waals surface area contributed by atoms with Gasteiger partial charge in [0.25, 0.3) is 11.7 Å². The Morgan fingerprint density at radius 2 is 1.48 bits per heavy atom. The first kappa shape index (κ1) is 20.5. The van der Waals surface area contributed by atoms with Crippen molar-refractivity contribution >= 4 is 33.9 Å². The summed E-state index contributed by atoms with van der Waals surface area (Å²) >= 11 is 0. The Bertz CT molecular complexity index is 1460. The van der Waals surface area contributed by atoms with Crippen LogP contribution in [-0.4, -0.2) is 21.9 Å². The number of nitrogens with zero attached hydrogens (tertiary/aromatic N) is 1. The molecule has 4 aromatic rings. The standard InChI is InChI=1S/C27H18FNO4/c28-20-10-4-3-9-19(20)24-23(25(31)18-14-13-16-7-1-2-8-17(16)15-18)26(32)27(33)29(24)21-11-5-6-12-22(21)30/h1-15,24,30-31H/b25-23+. The molecular weight excluding hydrogens is 421 g/mol. The van der Waals surface area contributed by atoms with Crippen molar-refractivity contribution in [2.75, 3.05) is 4.90 Å². The van der Waals surface area contributed by atoms with Crippen molar-refractivity contribution in [3.05, 3.63) is 114 Å². The van der Waals surface area contributed by atoms with E-state index in [1.807, 2.05) is 24.3 Å². The minimum absolute atomic E-state index is 0.0299. The number of phenolic OH excluding ortho intramolecular Hbond substituents is 1. The smallest absolute Gasteiger partial charge is 0.300 e. The number of aliphatic hydroxyl groups is 1. The second-order valence-electron chi connectivity index (χ2n) is 7.74. The van der Waals surface area contributed by atoms with Gasteiger partial charge in [-0.3, -0.25) is 14.5 Å². The van der Waals surface area contributed by atoms with Gasteiger partial charge in [-0.25, -0.2) is 4.39 Å². The number of aliphatic hydroxyl groups excluding tert-OH is 1. The van der Waals surface area contributed by atoms with Crippen LogP contribution in [0.1, 0.15) is 17.2 Å². The number of benzene rings is 4. The second kappa shape index (κ2) is 7.91. The molecule has 162 valence electrons. The van der Waals surface area contributed by atoms with Crippen molar-refractivity contribution in [2.24, 2.45) is 0 Å². The molecule has 4 aromatic carbocycles. The molecule has 33 heavy (non-hydrogen) atoms. The van der Waals surface area contributed by atoms with Crippen molar-refractivity contribution in [1.29, 1.82) is 0 Å². The molecule has 0 aromatic heterocycles. The summed E-state index contributed by atoms with van der Waals surface area (Å²) in [6.07, 6.45) is 0. The van der Waals surface area contributed by atoms with E-state index in [2.05, 4.69) is 0 Å². The summed E-state index contributed by atoms with van der Waals surface area (Å²) in [6, 6.07) is 23.1. The van der Waals surface area contributed by atoms with Crippen LogP contribution in [0.3, 0.4) is 0 Å². The number of fused-ring (bicyclic) bond motifs is 1. The molecule has 0 spiro atoms. The van der Waals surface area contributed by atoms with Crippen LogP contribution in [-0.2, 0) is 9.59 Å². The summed E-state index contributed by atoms with van der Waals surface area (Å²) in [5.74, 6) is -3.23. The van der Waals surface area contributed by atoms with Crippen LogP contribution in [0.5, 0.6) is 5.75 Å². The van der Waals surface area contributed by atoms with E-state index in [0.717, 1.165) is 15.7 Å². The quantitative estimate of drug-likeness (QED) is 0.258. The lowest BCUT2D eigenvalue weighted by Crippen LogP contribution is -2.29. The molecule has 0 radical (unpaired) electrons. The number of carbonyl (C=O) groups is 2. The van der Waals surface area contributed by atoms with E-state index >= 15 is 0 Å². The second-order valence-corrected chi connectivity index (χ2v) is 7.74. The summed E-state index contributed by atoms with van der Waals surface area (Å²) in [6.45, 7) is 0. The molecule has 1 amide bonds. The third kappa shape index (κ3) is 3.32. The molecule has 0 aliphatic carbocycles. The lowest BCUT2D eigenvalue weighted by atomic mass is 9.94. The SMILES string of the molecule is O=C1C(=O)N(c2ccccc2O)C(c2ccccc2F)/C1=C(\O)c1ccc2ccccc2c1. The molecule has 5 nitrogen and oxygen atoms in total. The average molecular weight is 439 g/mol. The molecule has 1 heterocycles. The largest absolute Gasteiger partial charge is 0.507 e. The van der Waals surface area contributed by atoms with Gasteiger partial charge in [0.15, 0.2) is 0 Å². The number of hydrogen-bond acceptors (Lipinski definition) is 4. The number of Topliss-reactive ketones (excluding diaryl/α,β-unsaturated/α-hetero) is 1. The average Bonchev–Trinajstić information content (AvgIpc) is 3.09. The van der Waals surface area contributed by atoms with E-state index in [9.17, 15) is 24.2 Å². The van der Waals surface area contributed by atoms with Crippen LogP contribution in [0.4, 0.5) is 10.1 Å². The van der Waals surface area contributed by atoms with Crippen molar-refractivity contribution in [3.63, 3.8) is 0 Å². The van der Waals surface area contributed by atoms with Crippen LogP contribution in [0, 0.1) is 5.82 Å². The van der Waals surface area contributed by atoms with E-state index in [4.69, 9.17) is 0 Å². The summed E-state index contributed by atoms with van der Waals surface area (Å²) in [7, 11) is 0. The molecule has 6 heteroatoms. The van der Waals surface area contributed by atoms with Crippen molar-refractivity contribution in [2.45, 2.75) is 6.04 Å². The third-order valence-corrected chi connectivity index (χ3v) is 5.81. The maximum absolute atomic E-state index is 14.9. The lowest BCUT2D eigenvalue weighted by Gasteiger charge is -2.26. The van der Waals surface area contributed by atoms with Crippen LogP contribution in [0.25, 0.3) is 16.5 Å². The number of phenols is 1. The predicted molar refractivity (Wildman–Crippen MR) is 123 cm³/mol. The van der Waals surface area contributed by atoms with Gasteiger partial charge < -0.3 is 10.2 Å². The summed E-state index contributed by atoms with van der Waals surface area (Å²) < 4.78 is 14.9. The third-order valence-electron chi connectivity index (χ3n) is 5.81. The monoisotopic (exact) mass is 439 g/mol. The maximum atomic E-state index is 14.9. The number of amides is 1. The Balaban J connectivity index is 1.77. The highest BCUT2D eigenvalue weighted by molar-refractivity contribution is 6.52. The number of anilines is 1. The van der Waals surface area contributed by atoms with Gasteiger partial charge in [-0.1, -0.05) is 66.7 Å². The highest BCUT2D eigenvalue weighted by Gasteiger charge is 2.48. The van der Waals surface area contributed by atoms with Crippen LogP contribution in [0.15, 0.2) is 96.6 Å². The molecule has 1 aliphatic heterocycles. The van der Waals surface area contributed by atoms with Gasteiger partial charge in [0.1, 0.15) is 17.3 Å². The normalized spacial score (nSPS) is 17.6. The first-order valence-corrected chi connectivity index (χ1v) is 10.3. The van der Waals surface area contributed by atoms with Crippen molar-refractivity contribution < 1.29 is 24.2 Å². The van der Waals surface area contributed by atoms with Gasteiger partial charge in [0.2, 0.25) is 0 Å². The maximum Gasteiger partial charge on any atom is 0.300 e. The molecule has 1 saturated heterocycles.